The lowest BCUT2D eigenvalue weighted by atomic mass is 10.0. The van der Waals surface area contributed by atoms with Crippen LogP contribution in [0.5, 0.6) is 0 Å². The maximum Gasteiger partial charge on any atom is 0.306 e. The molecule has 5 nitrogen and oxygen atoms in total. The predicted molar refractivity (Wildman–Crippen MR) is 293 cm³/mol. The molecular weight excluding hydrogens is 825 g/mol. The number of aliphatic hydroxyl groups excluding tert-OH is 1. The van der Waals surface area contributed by atoms with E-state index in [-0.39, 0.29) is 25.2 Å². The summed E-state index contributed by atoms with van der Waals surface area (Å²) >= 11 is 0. The summed E-state index contributed by atoms with van der Waals surface area (Å²) < 4.78 is 10.7. The van der Waals surface area contributed by atoms with E-state index in [0.29, 0.717) is 12.8 Å². The quantitative estimate of drug-likeness (QED) is 0.0374. The van der Waals surface area contributed by atoms with Crippen LogP contribution >= 0.6 is 0 Å². The first-order valence-corrected chi connectivity index (χ1v) is 29.0. The van der Waals surface area contributed by atoms with Gasteiger partial charge in [-0.15, -0.1) is 0 Å². The van der Waals surface area contributed by atoms with Crippen LogP contribution in [-0.2, 0) is 19.1 Å². The number of rotatable bonds is 53. The minimum atomic E-state index is -0.768. The van der Waals surface area contributed by atoms with E-state index in [9.17, 15) is 14.7 Å². The number of ether oxygens (including phenoxy) is 2. The van der Waals surface area contributed by atoms with Crippen molar-refractivity contribution in [1.82, 2.24) is 0 Å². The fourth-order valence-electron chi connectivity index (χ4n) is 8.44. The zero-order valence-electron chi connectivity index (χ0n) is 44.4. The molecule has 0 aliphatic carbocycles. The van der Waals surface area contributed by atoms with Crippen LogP contribution < -0.4 is 0 Å². The van der Waals surface area contributed by atoms with Gasteiger partial charge >= 0.3 is 11.9 Å². The molecule has 67 heavy (non-hydrogen) atoms. The standard InChI is InChI=1S/C62H110O5/c1-3-5-7-9-11-13-15-17-18-19-20-21-22-23-24-25-26-27-28-29-30-31-32-33-34-35-36-37-38-39-40-41-42-43-44-45-47-49-51-53-55-57-62(65)67-60(58-63)59-66-61(64)56-54-52-50-48-46-16-14-12-10-8-6-4-2/h5,7,11,13,17-18,20-21,23-24,26-27,60,63H,3-4,6,8-10,12,14-16,19,22,25,28-59H2,1-2H3/b7-5-,13-11-,18-17-,21-20-,24-23-,27-26-. The van der Waals surface area contributed by atoms with E-state index in [4.69, 9.17) is 9.47 Å². The number of carbonyl (C=O) groups excluding carboxylic acids is 2. The summed E-state index contributed by atoms with van der Waals surface area (Å²) in [5.41, 5.74) is 0. The first-order valence-electron chi connectivity index (χ1n) is 29.0. The fraction of sp³-hybridized carbons (Fsp3) is 0.774. The van der Waals surface area contributed by atoms with Gasteiger partial charge in [0, 0.05) is 12.8 Å². The highest BCUT2D eigenvalue weighted by molar-refractivity contribution is 5.70. The maximum atomic E-state index is 12.3. The van der Waals surface area contributed by atoms with Crippen LogP contribution in [0.2, 0.25) is 0 Å². The van der Waals surface area contributed by atoms with E-state index < -0.39 is 6.10 Å². The zero-order chi connectivity index (χ0) is 48.5. The van der Waals surface area contributed by atoms with Crippen molar-refractivity contribution < 1.29 is 24.2 Å². The van der Waals surface area contributed by atoms with Crippen molar-refractivity contribution >= 4 is 11.9 Å². The second kappa shape index (κ2) is 57.7. The van der Waals surface area contributed by atoms with Gasteiger partial charge in [0.05, 0.1) is 6.61 Å². The normalized spacial score (nSPS) is 12.7. The molecule has 1 N–H and O–H groups in total. The van der Waals surface area contributed by atoms with Crippen molar-refractivity contribution in [3.8, 4) is 0 Å². The van der Waals surface area contributed by atoms with Crippen LogP contribution in [0.3, 0.4) is 0 Å². The Kier molecular flexibility index (Phi) is 55.4. The van der Waals surface area contributed by atoms with E-state index in [1.165, 1.54) is 186 Å². The number of allylic oxidation sites excluding steroid dienone is 12. The minimum Gasteiger partial charge on any atom is -0.462 e. The van der Waals surface area contributed by atoms with Crippen LogP contribution in [0.15, 0.2) is 72.9 Å². The molecule has 0 aromatic heterocycles. The highest BCUT2D eigenvalue weighted by Gasteiger charge is 2.16. The van der Waals surface area contributed by atoms with Gasteiger partial charge in [-0.05, 0) is 64.2 Å². The molecule has 5 heteroatoms. The topological polar surface area (TPSA) is 72.8 Å². The monoisotopic (exact) mass is 935 g/mol. The molecule has 0 fully saturated rings. The Balaban J connectivity index is 3.40. The lowest BCUT2D eigenvalue weighted by Crippen LogP contribution is -2.28. The van der Waals surface area contributed by atoms with Crippen LogP contribution in [0.4, 0.5) is 0 Å². The van der Waals surface area contributed by atoms with E-state index in [0.717, 1.165) is 77.0 Å². The van der Waals surface area contributed by atoms with Gasteiger partial charge < -0.3 is 14.6 Å². The Morgan fingerprint density at radius 1 is 0.358 bits per heavy atom. The first-order chi connectivity index (χ1) is 33.1. The Morgan fingerprint density at radius 2 is 0.642 bits per heavy atom. The maximum absolute atomic E-state index is 12.3. The molecule has 1 atom stereocenters. The molecule has 0 amide bonds. The zero-order valence-corrected chi connectivity index (χ0v) is 44.4. The molecule has 0 aromatic carbocycles. The van der Waals surface area contributed by atoms with E-state index in [1.54, 1.807) is 0 Å². The summed E-state index contributed by atoms with van der Waals surface area (Å²) in [6, 6.07) is 0. The number of hydrogen-bond acceptors (Lipinski definition) is 5. The highest BCUT2D eigenvalue weighted by atomic mass is 16.6. The third-order valence-corrected chi connectivity index (χ3v) is 12.8. The van der Waals surface area contributed by atoms with Gasteiger partial charge in [-0.2, -0.15) is 0 Å². The number of carbonyl (C=O) groups is 2. The van der Waals surface area contributed by atoms with Gasteiger partial charge in [-0.25, -0.2) is 0 Å². The number of aliphatic hydroxyl groups is 1. The first kappa shape index (κ1) is 64.3. The van der Waals surface area contributed by atoms with Gasteiger partial charge in [-0.1, -0.05) is 286 Å². The summed E-state index contributed by atoms with van der Waals surface area (Å²) in [4.78, 5) is 24.4. The van der Waals surface area contributed by atoms with E-state index >= 15 is 0 Å². The smallest absolute Gasteiger partial charge is 0.306 e. The third kappa shape index (κ3) is 55.8. The average Bonchev–Trinajstić information content (AvgIpc) is 3.33. The van der Waals surface area contributed by atoms with Crippen molar-refractivity contribution in [3.05, 3.63) is 72.9 Å². The van der Waals surface area contributed by atoms with Crippen molar-refractivity contribution in [2.75, 3.05) is 13.2 Å². The SMILES string of the molecule is CC/C=C\C/C=C\C/C=C\C/C=C\C/C=C\C/C=C\CCCCCCCCCCCCCCCCCCCCCCCCC(=O)OC(CO)COC(=O)CCCCCCCCCCCCCC. The molecule has 0 saturated heterocycles. The molecule has 0 saturated carbocycles. The highest BCUT2D eigenvalue weighted by Crippen LogP contribution is 2.17. The lowest BCUT2D eigenvalue weighted by molar-refractivity contribution is -0.161. The van der Waals surface area contributed by atoms with E-state index in [1.807, 2.05) is 0 Å². The fourth-order valence-corrected chi connectivity index (χ4v) is 8.44. The Hall–Kier alpha value is -2.66. The van der Waals surface area contributed by atoms with Gasteiger partial charge in [0.2, 0.25) is 0 Å². The number of unbranched alkanes of at least 4 members (excludes halogenated alkanes) is 33. The molecule has 0 heterocycles. The van der Waals surface area contributed by atoms with Crippen LogP contribution in [0.1, 0.15) is 290 Å². The molecule has 0 aromatic rings. The largest absolute Gasteiger partial charge is 0.462 e. The number of hydrogen-bond donors (Lipinski definition) is 1. The average molecular weight is 936 g/mol. The molecule has 0 bridgehead atoms. The summed E-state index contributed by atoms with van der Waals surface area (Å²) in [6.45, 7) is 4.04. The summed E-state index contributed by atoms with van der Waals surface area (Å²) in [5, 5.41) is 9.62. The van der Waals surface area contributed by atoms with Crippen molar-refractivity contribution in [3.63, 3.8) is 0 Å². The van der Waals surface area contributed by atoms with Crippen LogP contribution in [0, 0.1) is 0 Å². The summed E-state index contributed by atoms with van der Waals surface area (Å²) in [6.07, 6.45) is 79.0. The predicted octanol–water partition coefficient (Wildman–Crippen LogP) is 19.6. The third-order valence-electron chi connectivity index (χ3n) is 12.8. The van der Waals surface area contributed by atoms with Gasteiger partial charge in [0.25, 0.3) is 0 Å². The van der Waals surface area contributed by atoms with Gasteiger partial charge in [0.15, 0.2) is 6.10 Å². The van der Waals surface area contributed by atoms with Crippen molar-refractivity contribution in [1.29, 1.82) is 0 Å². The summed E-state index contributed by atoms with van der Waals surface area (Å²) in [7, 11) is 0. The Labute approximate surface area is 416 Å². The lowest BCUT2D eigenvalue weighted by Gasteiger charge is -2.15. The Morgan fingerprint density at radius 3 is 0.970 bits per heavy atom. The van der Waals surface area contributed by atoms with Crippen molar-refractivity contribution in [2.24, 2.45) is 0 Å². The minimum absolute atomic E-state index is 0.0611. The molecule has 0 aliphatic heterocycles. The molecule has 0 rings (SSSR count). The molecule has 0 spiro atoms. The van der Waals surface area contributed by atoms with Gasteiger partial charge in [0.1, 0.15) is 6.61 Å². The van der Waals surface area contributed by atoms with Gasteiger partial charge in [-0.3, -0.25) is 9.59 Å². The summed E-state index contributed by atoms with van der Waals surface area (Å²) in [5.74, 6) is -0.578. The molecule has 0 aliphatic rings. The van der Waals surface area contributed by atoms with Crippen LogP contribution in [0.25, 0.3) is 0 Å². The second-order valence-electron chi connectivity index (χ2n) is 19.3. The molecule has 0 radical (unpaired) electrons. The molecule has 1 unspecified atom stereocenters. The number of esters is 2. The molecular formula is C62H110O5. The van der Waals surface area contributed by atoms with E-state index in [2.05, 4.69) is 86.8 Å². The Bertz CT molecular complexity index is 1190. The second-order valence-corrected chi connectivity index (χ2v) is 19.3. The molecule has 388 valence electrons. The van der Waals surface area contributed by atoms with Crippen LogP contribution in [-0.4, -0.2) is 36.4 Å². The van der Waals surface area contributed by atoms with Crippen molar-refractivity contribution in [2.45, 2.75) is 296 Å².